The molecule has 1 fully saturated rings. The molecule has 0 saturated carbocycles. The second-order valence-corrected chi connectivity index (χ2v) is 7.30. The van der Waals surface area contributed by atoms with Crippen LogP contribution in [0.25, 0.3) is 11.2 Å². The van der Waals surface area contributed by atoms with E-state index in [0.717, 1.165) is 0 Å². The van der Waals surface area contributed by atoms with E-state index in [1.165, 1.54) is 4.57 Å². The predicted octanol–water partition coefficient (Wildman–Crippen LogP) is 1.37. The van der Waals surface area contributed by atoms with Crippen LogP contribution in [0.15, 0.2) is 4.79 Å². The third-order valence-electron chi connectivity index (χ3n) is 3.93. The number of anilines is 1. The maximum atomic E-state index is 12.2. The normalized spacial score (nSPS) is 15.7. The van der Waals surface area contributed by atoms with Crippen molar-refractivity contribution in [2.24, 2.45) is 7.05 Å². The molecular formula is C15H21ClN6O3. The van der Waals surface area contributed by atoms with Crippen molar-refractivity contribution in [3.05, 3.63) is 15.8 Å². The van der Waals surface area contributed by atoms with Gasteiger partial charge in [0.05, 0.1) is 0 Å². The molecule has 25 heavy (non-hydrogen) atoms. The number of rotatable bonds is 1. The number of hydrogen-bond donors (Lipinski definition) is 1. The third-order valence-corrected chi connectivity index (χ3v) is 4.10. The molecule has 136 valence electrons. The molecule has 0 aromatic carbocycles. The largest absolute Gasteiger partial charge is 0.444 e. The van der Waals surface area contributed by atoms with Crippen LogP contribution in [-0.2, 0) is 11.8 Å². The lowest BCUT2D eigenvalue weighted by molar-refractivity contribution is 0.0240. The molecule has 1 saturated heterocycles. The summed E-state index contributed by atoms with van der Waals surface area (Å²) >= 11 is 6.01. The van der Waals surface area contributed by atoms with Gasteiger partial charge in [-0.05, 0) is 32.4 Å². The fourth-order valence-electron chi connectivity index (χ4n) is 2.71. The highest BCUT2D eigenvalue weighted by Crippen LogP contribution is 2.24. The van der Waals surface area contributed by atoms with Crippen molar-refractivity contribution in [3.63, 3.8) is 0 Å². The zero-order valence-electron chi connectivity index (χ0n) is 14.7. The van der Waals surface area contributed by atoms with Crippen LogP contribution in [0.4, 0.5) is 10.6 Å². The molecule has 10 heteroatoms. The molecule has 1 aliphatic heterocycles. The summed E-state index contributed by atoms with van der Waals surface area (Å²) in [6, 6.07) is 0. The quantitative estimate of drug-likeness (QED) is 0.763. The van der Waals surface area contributed by atoms with Crippen molar-refractivity contribution < 1.29 is 9.53 Å². The molecule has 1 aliphatic rings. The molecule has 0 spiro atoms. The summed E-state index contributed by atoms with van der Waals surface area (Å²) < 4.78 is 6.79. The zero-order valence-corrected chi connectivity index (χ0v) is 15.4. The van der Waals surface area contributed by atoms with Crippen LogP contribution in [0.1, 0.15) is 20.8 Å². The second kappa shape index (κ2) is 6.21. The molecule has 0 aliphatic carbocycles. The van der Waals surface area contributed by atoms with Crippen LogP contribution in [-0.4, -0.2) is 62.3 Å². The Morgan fingerprint density at radius 3 is 2.44 bits per heavy atom. The summed E-state index contributed by atoms with van der Waals surface area (Å²) in [5.74, 6) is 0.566. The van der Waals surface area contributed by atoms with Crippen LogP contribution in [0.2, 0.25) is 5.28 Å². The zero-order chi connectivity index (χ0) is 18.4. The lowest BCUT2D eigenvalue weighted by Gasteiger charge is -2.36. The average Bonchev–Trinajstić information content (AvgIpc) is 2.81. The van der Waals surface area contributed by atoms with Crippen LogP contribution >= 0.6 is 11.6 Å². The maximum Gasteiger partial charge on any atom is 0.410 e. The number of nitrogens with zero attached hydrogens (tertiary/aromatic N) is 5. The highest BCUT2D eigenvalue weighted by molar-refractivity contribution is 6.28. The molecule has 3 heterocycles. The second-order valence-electron chi connectivity index (χ2n) is 6.96. The molecule has 0 radical (unpaired) electrons. The van der Waals surface area contributed by atoms with Gasteiger partial charge in [-0.2, -0.15) is 9.97 Å². The highest BCUT2D eigenvalue weighted by Gasteiger charge is 2.28. The number of amides is 1. The van der Waals surface area contributed by atoms with Crippen molar-refractivity contribution in [2.75, 3.05) is 31.1 Å². The van der Waals surface area contributed by atoms with E-state index >= 15 is 0 Å². The summed E-state index contributed by atoms with van der Waals surface area (Å²) in [6.07, 6.45) is -0.328. The number of carbonyl (C=O) groups excluding carboxylic acids is 1. The van der Waals surface area contributed by atoms with Gasteiger partial charge in [0.25, 0.3) is 0 Å². The Kier molecular flexibility index (Phi) is 4.36. The Morgan fingerprint density at radius 1 is 1.20 bits per heavy atom. The third kappa shape index (κ3) is 3.55. The number of aryl methyl sites for hydroxylation is 1. The molecule has 9 nitrogen and oxygen atoms in total. The first kappa shape index (κ1) is 17.5. The molecule has 0 atom stereocenters. The van der Waals surface area contributed by atoms with Gasteiger partial charge in [0.2, 0.25) is 5.28 Å². The van der Waals surface area contributed by atoms with E-state index in [2.05, 4.69) is 15.0 Å². The smallest absolute Gasteiger partial charge is 0.410 e. The number of piperazine rings is 1. The first-order valence-electron chi connectivity index (χ1n) is 8.01. The highest BCUT2D eigenvalue weighted by atomic mass is 35.5. The Labute approximate surface area is 149 Å². The van der Waals surface area contributed by atoms with Gasteiger partial charge >= 0.3 is 11.8 Å². The molecule has 2 aromatic rings. The van der Waals surface area contributed by atoms with Crippen LogP contribution in [0.3, 0.4) is 0 Å². The first-order chi connectivity index (χ1) is 11.7. The Balaban J connectivity index is 1.80. The van der Waals surface area contributed by atoms with Gasteiger partial charge in [-0.1, -0.05) is 0 Å². The van der Waals surface area contributed by atoms with Gasteiger partial charge in [0.1, 0.15) is 11.1 Å². The van der Waals surface area contributed by atoms with Crippen molar-refractivity contribution in [1.82, 2.24) is 24.4 Å². The molecule has 0 bridgehead atoms. The Bertz CT molecular complexity index is 860. The lowest BCUT2D eigenvalue weighted by Crippen LogP contribution is -2.50. The Hall–Kier alpha value is -2.29. The van der Waals surface area contributed by atoms with Crippen LogP contribution < -0.4 is 10.6 Å². The van der Waals surface area contributed by atoms with Gasteiger partial charge in [0, 0.05) is 33.2 Å². The number of nitrogens with one attached hydrogen (secondary N) is 1. The average molecular weight is 369 g/mol. The number of imidazole rings is 1. The summed E-state index contributed by atoms with van der Waals surface area (Å²) in [4.78, 5) is 38.8. The number of ether oxygens (including phenoxy) is 1. The van der Waals surface area contributed by atoms with Gasteiger partial charge in [-0.25, -0.2) is 9.59 Å². The van der Waals surface area contributed by atoms with E-state index in [0.29, 0.717) is 43.2 Å². The predicted molar refractivity (Wildman–Crippen MR) is 94.2 cm³/mol. The monoisotopic (exact) mass is 368 g/mol. The van der Waals surface area contributed by atoms with Crippen molar-refractivity contribution >= 4 is 34.7 Å². The minimum Gasteiger partial charge on any atom is -0.444 e. The first-order valence-corrected chi connectivity index (χ1v) is 8.38. The summed E-state index contributed by atoms with van der Waals surface area (Å²) in [5, 5.41) is 0.0756. The number of aromatic nitrogens is 4. The number of carbonyl (C=O) groups is 1. The number of aromatic amines is 1. The minimum absolute atomic E-state index is 0.0756. The fourth-order valence-corrected chi connectivity index (χ4v) is 2.87. The van der Waals surface area contributed by atoms with Gasteiger partial charge in [-0.3, -0.25) is 4.57 Å². The molecule has 3 rings (SSSR count). The van der Waals surface area contributed by atoms with Gasteiger partial charge < -0.3 is 19.5 Å². The van der Waals surface area contributed by atoms with E-state index in [1.807, 2.05) is 25.7 Å². The van der Waals surface area contributed by atoms with Crippen molar-refractivity contribution in [1.29, 1.82) is 0 Å². The van der Waals surface area contributed by atoms with E-state index in [9.17, 15) is 9.59 Å². The van der Waals surface area contributed by atoms with E-state index in [1.54, 1.807) is 11.9 Å². The molecule has 0 unspecified atom stereocenters. The summed E-state index contributed by atoms with van der Waals surface area (Å²) in [7, 11) is 1.62. The topological polar surface area (TPSA) is 96.4 Å². The summed E-state index contributed by atoms with van der Waals surface area (Å²) in [6.45, 7) is 7.62. The molecule has 2 aromatic heterocycles. The molecule has 1 amide bonds. The minimum atomic E-state index is -0.524. The van der Waals surface area contributed by atoms with E-state index in [4.69, 9.17) is 16.3 Å². The fraction of sp³-hybridized carbons (Fsp3) is 0.600. The van der Waals surface area contributed by atoms with E-state index in [-0.39, 0.29) is 17.1 Å². The SMILES string of the molecule is Cn1c(=O)[nH]c2c(N3CCN(C(=O)OC(C)(C)C)CC3)nc(Cl)nc21. The maximum absolute atomic E-state index is 12.2. The summed E-state index contributed by atoms with van der Waals surface area (Å²) in [5.41, 5.74) is 0.196. The van der Waals surface area contributed by atoms with Crippen LogP contribution in [0.5, 0.6) is 0 Å². The van der Waals surface area contributed by atoms with Crippen molar-refractivity contribution in [2.45, 2.75) is 26.4 Å². The Morgan fingerprint density at radius 2 is 1.84 bits per heavy atom. The van der Waals surface area contributed by atoms with Crippen molar-refractivity contribution in [3.8, 4) is 0 Å². The van der Waals surface area contributed by atoms with Gasteiger partial charge in [0.15, 0.2) is 11.5 Å². The molecule has 1 N–H and O–H groups in total. The lowest BCUT2D eigenvalue weighted by atomic mass is 10.2. The number of fused-ring (bicyclic) bond motifs is 1. The standard InChI is InChI=1S/C15H21ClN6O3/c1-15(2,3)25-14(24)22-7-5-21(6-8-22)11-9-10(18-12(16)19-11)20(4)13(23)17-9/h5-8H2,1-4H3,(H,17,23). The number of hydrogen-bond acceptors (Lipinski definition) is 6. The molecular weight excluding hydrogens is 348 g/mol. The number of H-pyrrole nitrogens is 1. The van der Waals surface area contributed by atoms with E-state index < -0.39 is 5.60 Å². The van der Waals surface area contributed by atoms with Gasteiger partial charge in [-0.15, -0.1) is 0 Å². The number of halogens is 1. The van der Waals surface area contributed by atoms with Crippen LogP contribution in [0, 0.1) is 0 Å².